The van der Waals surface area contributed by atoms with Crippen molar-refractivity contribution in [3.8, 4) is 22.5 Å². The van der Waals surface area contributed by atoms with Gasteiger partial charge in [0.15, 0.2) is 0 Å². The van der Waals surface area contributed by atoms with E-state index in [1.54, 1.807) is 13.3 Å². The first-order chi connectivity index (χ1) is 30.9. The van der Waals surface area contributed by atoms with Gasteiger partial charge in [0.05, 0.1) is 40.3 Å². The van der Waals surface area contributed by atoms with Gasteiger partial charge in [0, 0.05) is 85.8 Å². The van der Waals surface area contributed by atoms with Crippen molar-refractivity contribution >= 4 is 65.8 Å². The molecule has 20 heteroatoms. The number of fused-ring (bicyclic) bond motifs is 7. The molecule has 2 saturated heterocycles. The minimum atomic E-state index is -3.56. The van der Waals surface area contributed by atoms with Crippen LogP contribution in [0.2, 0.25) is 5.54 Å². The molecule has 0 saturated carbocycles. The summed E-state index contributed by atoms with van der Waals surface area (Å²) in [7, 11) is -0.437. The number of methoxy groups -OCH3 is 1. The van der Waals surface area contributed by atoms with E-state index in [2.05, 4.69) is 64.7 Å². The second-order valence-corrected chi connectivity index (χ2v) is 23.3. The van der Waals surface area contributed by atoms with Crippen molar-refractivity contribution in [2.45, 2.75) is 103 Å². The first kappa shape index (κ1) is 48.2. The van der Waals surface area contributed by atoms with Crippen LogP contribution in [0, 0.1) is 11.3 Å². The number of carbonyl (C=O) groups is 4. The van der Waals surface area contributed by atoms with E-state index in [1.165, 1.54) is 40.2 Å². The lowest BCUT2D eigenvalue weighted by molar-refractivity contribution is -0.146. The number of aromatic nitrogens is 3. The molecule has 6 bridgehead atoms. The quantitative estimate of drug-likeness (QED) is 0.154. The number of hydrazine groups is 1. The van der Waals surface area contributed by atoms with E-state index < -0.39 is 54.4 Å². The molecule has 3 aromatic heterocycles. The number of nitrogens with zero attached hydrogens (tertiary/aromatic N) is 6. The fourth-order valence-electron chi connectivity index (χ4n) is 9.23. The van der Waals surface area contributed by atoms with Gasteiger partial charge in [-0.05, 0) is 75.9 Å². The average Bonchev–Trinajstić information content (AvgIpc) is 3.75. The van der Waals surface area contributed by atoms with E-state index in [0.29, 0.717) is 37.4 Å². The number of hydrogen-bond donors (Lipinski definition) is 3. The van der Waals surface area contributed by atoms with Gasteiger partial charge < -0.3 is 29.2 Å². The molecule has 6 heterocycles. The SMILES string of the molecule is CCn1c(-c2cccnc2[C@H](C)OC)c2c3cc(ccc31)-c1csc(n1)C[C@H](NC(=O)[C@H](C(C)C)N(C)C(=O)N1CC(S(=O)(=O)NC)C1)C(=O)N1CCC[C@H]([SiH2]N1)C(=O)OCC(C)(C)C2. The maximum atomic E-state index is 14.6. The Hall–Kier alpha value is -4.73. The number of carbonyl (C=O) groups excluding carboxylic acids is 4. The highest BCUT2D eigenvalue weighted by Gasteiger charge is 2.43. The Morgan fingerprint density at radius 2 is 1.92 bits per heavy atom. The number of sulfonamides is 1. The molecule has 3 N–H and O–H groups in total. The zero-order valence-electron chi connectivity index (χ0n) is 38.8. The monoisotopic (exact) mass is 949 g/mol. The Labute approximate surface area is 387 Å². The smallest absolute Gasteiger partial charge is 0.320 e. The average molecular weight is 950 g/mol. The van der Waals surface area contributed by atoms with Gasteiger partial charge >= 0.3 is 12.0 Å². The van der Waals surface area contributed by atoms with Crippen molar-refractivity contribution < 1.29 is 37.1 Å². The maximum Gasteiger partial charge on any atom is 0.320 e. The van der Waals surface area contributed by atoms with E-state index in [-0.39, 0.29) is 55.6 Å². The fraction of sp³-hybridized carbons (Fsp3) is 0.556. The minimum Gasteiger partial charge on any atom is -0.465 e. The molecule has 0 spiro atoms. The molecule has 0 aliphatic carbocycles. The van der Waals surface area contributed by atoms with E-state index in [9.17, 15) is 27.6 Å². The second kappa shape index (κ2) is 19.6. The van der Waals surface area contributed by atoms with Crippen LogP contribution in [0.15, 0.2) is 41.9 Å². The molecule has 4 atom stereocenters. The summed E-state index contributed by atoms with van der Waals surface area (Å²) in [6, 6.07) is 7.85. The van der Waals surface area contributed by atoms with Crippen LogP contribution in [-0.2, 0) is 53.3 Å². The van der Waals surface area contributed by atoms with Crippen molar-refractivity contribution in [3.63, 3.8) is 0 Å². The van der Waals surface area contributed by atoms with Gasteiger partial charge in [-0.15, -0.1) is 11.3 Å². The zero-order chi connectivity index (χ0) is 47.0. The summed E-state index contributed by atoms with van der Waals surface area (Å²) < 4.78 is 41.2. The highest BCUT2D eigenvalue weighted by atomic mass is 32.2. The van der Waals surface area contributed by atoms with Crippen LogP contribution in [0.4, 0.5) is 4.79 Å². The van der Waals surface area contributed by atoms with Crippen molar-refractivity contribution in [1.29, 1.82) is 0 Å². The summed E-state index contributed by atoms with van der Waals surface area (Å²) in [5.41, 5.74) is 5.75. The highest BCUT2D eigenvalue weighted by Crippen LogP contribution is 2.42. The topological polar surface area (TPSA) is 197 Å². The summed E-state index contributed by atoms with van der Waals surface area (Å²) in [4.78, 5) is 69.0. The lowest BCUT2D eigenvalue weighted by Crippen LogP contribution is -2.64. The number of benzene rings is 1. The molecule has 4 amide bonds. The van der Waals surface area contributed by atoms with Gasteiger partial charge in [-0.1, -0.05) is 33.8 Å². The van der Waals surface area contributed by atoms with Gasteiger partial charge in [0.25, 0.3) is 5.91 Å². The number of hydrogen-bond acceptors (Lipinski definition) is 12. The third-order valence-corrected chi connectivity index (χ3v) is 17.4. The molecule has 0 radical (unpaired) electrons. The van der Waals surface area contributed by atoms with Crippen LogP contribution in [0.1, 0.15) is 76.8 Å². The van der Waals surface area contributed by atoms with Crippen molar-refractivity contribution in [2.24, 2.45) is 11.3 Å². The molecule has 0 unspecified atom stereocenters. The second-order valence-electron chi connectivity index (χ2n) is 18.5. The predicted molar refractivity (Wildman–Crippen MR) is 253 cm³/mol. The number of likely N-dealkylation sites (tertiary alicyclic amines) is 1. The van der Waals surface area contributed by atoms with Gasteiger partial charge in [0.1, 0.15) is 27.0 Å². The third-order valence-electron chi connectivity index (χ3n) is 12.9. The number of pyridine rings is 1. The number of likely N-dealkylation sites (N-methyl/N-ethyl adjacent to an activating group) is 1. The molecule has 65 heavy (non-hydrogen) atoms. The lowest BCUT2D eigenvalue weighted by atomic mass is 9.84. The minimum absolute atomic E-state index is 0.00202. The van der Waals surface area contributed by atoms with Crippen molar-refractivity contribution in [1.82, 2.24) is 44.5 Å². The summed E-state index contributed by atoms with van der Waals surface area (Å²) in [5.74, 6) is -1.53. The largest absolute Gasteiger partial charge is 0.465 e. The molecule has 4 aromatic rings. The van der Waals surface area contributed by atoms with E-state index >= 15 is 0 Å². The number of rotatable bonds is 10. The normalized spacial score (nSPS) is 21.1. The summed E-state index contributed by atoms with van der Waals surface area (Å²) in [5, 5.41) is 10.8. The molecule has 352 valence electrons. The van der Waals surface area contributed by atoms with Crippen LogP contribution in [0.3, 0.4) is 0 Å². The number of esters is 1. The number of ether oxygens (including phenoxy) is 2. The van der Waals surface area contributed by atoms with Gasteiger partial charge in [-0.25, -0.2) is 22.9 Å². The molecule has 2 fully saturated rings. The Kier molecular flexibility index (Phi) is 14.6. The Morgan fingerprint density at radius 1 is 1.17 bits per heavy atom. The number of amides is 4. The molecule has 17 nitrogen and oxygen atoms in total. The zero-order valence-corrected chi connectivity index (χ0v) is 41.9. The number of cyclic esters (lactones) is 1. The molecule has 7 rings (SSSR count). The Balaban J connectivity index is 1.26. The van der Waals surface area contributed by atoms with Crippen LogP contribution in [-0.4, -0.2) is 136 Å². The predicted octanol–water partition coefficient (Wildman–Crippen LogP) is 4.02. The molecule has 3 aliphatic rings. The molecular weight excluding hydrogens is 887 g/mol. The Morgan fingerprint density at radius 3 is 2.62 bits per heavy atom. The summed E-state index contributed by atoms with van der Waals surface area (Å²) >= 11 is 1.40. The van der Waals surface area contributed by atoms with E-state index in [4.69, 9.17) is 19.4 Å². The molecule has 1 aromatic carbocycles. The molecule has 3 aliphatic heterocycles. The van der Waals surface area contributed by atoms with Gasteiger partial charge in [0.2, 0.25) is 15.9 Å². The summed E-state index contributed by atoms with van der Waals surface area (Å²) in [6.07, 6.45) is 3.31. The first-order valence-electron chi connectivity index (χ1n) is 22.4. The number of thiazole rings is 1. The van der Waals surface area contributed by atoms with Crippen LogP contribution >= 0.6 is 11.3 Å². The lowest BCUT2D eigenvalue weighted by Gasteiger charge is -2.42. The van der Waals surface area contributed by atoms with E-state index in [0.717, 1.165) is 44.7 Å². The number of urea groups is 1. The van der Waals surface area contributed by atoms with Gasteiger partial charge in [-0.2, -0.15) is 0 Å². The standard InChI is InChI=1S/C45H63N9O8S2Si/c1-10-53-35-16-15-28-19-31(35)32(40(53)30-13-11-17-47-38(30)27(4)61-9)21-45(5,6)25-62-43(57)36-14-12-18-54(50-65-36)42(56)33(20-37-48-34(28)24-63-37)49-41(55)39(26(2)3)51(8)44(58)52-22-29(23-52)64(59,60)46-7/h11,13,15-17,19,24,26-27,29,33,36,39,46,50H,10,12,14,18,20-23,25,65H2,1-9H3,(H,49,55)/t27-,33-,36-,39-/m0/s1. The molecular formula is C45H63N9O8S2Si. The van der Waals surface area contributed by atoms with E-state index in [1.807, 2.05) is 32.2 Å². The van der Waals surface area contributed by atoms with Crippen LogP contribution in [0.5, 0.6) is 0 Å². The maximum absolute atomic E-state index is 14.6. The Bertz CT molecular complexity index is 2540. The fourth-order valence-corrected chi connectivity index (χ4v) is 12.7. The van der Waals surface area contributed by atoms with Crippen molar-refractivity contribution in [3.05, 3.63) is 58.2 Å². The first-order valence-corrected chi connectivity index (χ1v) is 26.4. The third kappa shape index (κ3) is 10.0. The van der Waals surface area contributed by atoms with Crippen molar-refractivity contribution in [2.75, 3.05) is 47.4 Å². The van der Waals surface area contributed by atoms with Crippen LogP contribution in [0.25, 0.3) is 33.4 Å². The highest BCUT2D eigenvalue weighted by molar-refractivity contribution is 7.90. The number of nitrogens with one attached hydrogen (secondary N) is 3. The number of aryl methyl sites for hydroxylation is 1. The van der Waals surface area contributed by atoms with Crippen LogP contribution < -0.4 is 15.1 Å². The summed E-state index contributed by atoms with van der Waals surface area (Å²) in [6.45, 7) is 13.2. The van der Waals surface area contributed by atoms with Gasteiger partial charge in [-0.3, -0.25) is 29.5 Å².